The van der Waals surface area contributed by atoms with E-state index in [1.165, 1.54) is 0 Å². The molecule has 1 aromatic heterocycles. The van der Waals surface area contributed by atoms with E-state index in [0.717, 1.165) is 36.3 Å². The number of hydrogen-bond donors (Lipinski definition) is 2. The Bertz CT molecular complexity index is 680. The topological polar surface area (TPSA) is 76.4 Å². The van der Waals surface area contributed by atoms with Crippen LogP contribution in [-0.4, -0.2) is 40.4 Å². The molecule has 2 aromatic rings. The van der Waals surface area contributed by atoms with Crippen molar-refractivity contribution in [1.82, 2.24) is 25.4 Å². The Morgan fingerprint density at radius 3 is 2.76 bits per heavy atom. The Morgan fingerprint density at radius 2 is 2.08 bits per heavy atom. The van der Waals surface area contributed by atoms with Crippen LogP contribution in [0.5, 0.6) is 5.75 Å². The van der Waals surface area contributed by atoms with E-state index >= 15 is 0 Å². The summed E-state index contributed by atoms with van der Waals surface area (Å²) < 4.78 is 7.61. The number of aromatic nitrogens is 3. The monoisotopic (exact) mass is 342 g/mol. The van der Waals surface area contributed by atoms with Crippen LogP contribution in [0.1, 0.15) is 18.1 Å². The molecule has 7 heteroatoms. The number of nitrogens with one attached hydrogen (secondary N) is 2. The Labute approximate surface area is 148 Å². The van der Waals surface area contributed by atoms with Crippen LogP contribution in [0.4, 0.5) is 0 Å². The SMILES string of the molecule is C=CCNC(=NCc1nnc(C)n1C)NCCCOc1ccccc1. The quantitative estimate of drug-likeness (QED) is 0.315. The second-order valence-corrected chi connectivity index (χ2v) is 5.50. The van der Waals surface area contributed by atoms with Crippen molar-refractivity contribution in [3.8, 4) is 5.75 Å². The number of hydrogen-bond acceptors (Lipinski definition) is 4. The number of guanidine groups is 1. The fraction of sp³-hybridized carbons (Fsp3) is 0.389. The lowest BCUT2D eigenvalue weighted by Gasteiger charge is -2.12. The van der Waals surface area contributed by atoms with Crippen LogP contribution in [0, 0.1) is 6.92 Å². The largest absolute Gasteiger partial charge is 0.494 e. The second-order valence-electron chi connectivity index (χ2n) is 5.50. The van der Waals surface area contributed by atoms with Crippen molar-refractivity contribution in [1.29, 1.82) is 0 Å². The van der Waals surface area contributed by atoms with Gasteiger partial charge in [0.2, 0.25) is 0 Å². The molecule has 0 spiro atoms. The number of rotatable bonds is 9. The number of aliphatic imine (C=N–C) groups is 1. The van der Waals surface area contributed by atoms with Crippen LogP contribution in [-0.2, 0) is 13.6 Å². The van der Waals surface area contributed by atoms with E-state index in [1.807, 2.05) is 48.9 Å². The lowest BCUT2D eigenvalue weighted by atomic mass is 10.3. The van der Waals surface area contributed by atoms with Crippen LogP contribution in [0.15, 0.2) is 48.0 Å². The molecule has 7 nitrogen and oxygen atoms in total. The van der Waals surface area contributed by atoms with Crippen molar-refractivity contribution >= 4 is 5.96 Å². The van der Waals surface area contributed by atoms with Gasteiger partial charge in [0.05, 0.1) is 6.61 Å². The third kappa shape index (κ3) is 6.29. The maximum Gasteiger partial charge on any atom is 0.191 e. The molecule has 0 bridgehead atoms. The molecule has 25 heavy (non-hydrogen) atoms. The second kappa shape index (κ2) is 10.1. The molecular weight excluding hydrogens is 316 g/mol. The Hall–Kier alpha value is -2.83. The molecule has 0 saturated carbocycles. The highest BCUT2D eigenvalue weighted by Gasteiger charge is 2.04. The molecule has 2 rings (SSSR count). The van der Waals surface area contributed by atoms with Gasteiger partial charge in [0.15, 0.2) is 11.8 Å². The van der Waals surface area contributed by atoms with E-state index in [4.69, 9.17) is 4.74 Å². The van der Waals surface area contributed by atoms with Crippen LogP contribution >= 0.6 is 0 Å². The number of aryl methyl sites for hydroxylation is 1. The molecule has 0 fully saturated rings. The van der Waals surface area contributed by atoms with Gasteiger partial charge in [-0.2, -0.15) is 0 Å². The normalized spacial score (nSPS) is 11.2. The van der Waals surface area contributed by atoms with Crippen molar-refractivity contribution in [2.24, 2.45) is 12.0 Å². The van der Waals surface area contributed by atoms with Gasteiger partial charge < -0.3 is 19.9 Å². The summed E-state index contributed by atoms with van der Waals surface area (Å²) in [7, 11) is 1.94. The molecule has 2 N–H and O–H groups in total. The van der Waals surface area contributed by atoms with Gasteiger partial charge in [-0.25, -0.2) is 4.99 Å². The summed E-state index contributed by atoms with van der Waals surface area (Å²) in [4.78, 5) is 4.54. The van der Waals surface area contributed by atoms with Crippen LogP contribution in [0.3, 0.4) is 0 Å². The number of nitrogens with zero attached hydrogens (tertiary/aromatic N) is 4. The maximum atomic E-state index is 5.68. The molecule has 1 aromatic carbocycles. The van der Waals surface area contributed by atoms with E-state index in [2.05, 4.69) is 32.4 Å². The molecule has 0 amide bonds. The summed E-state index contributed by atoms with van der Waals surface area (Å²) in [6.45, 7) is 8.15. The molecule has 1 heterocycles. The van der Waals surface area contributed by atoms with Gasteiger partial charge in [0, 0.05) is 20.1 Å². The first-order valence-electron chi connectivity index (χ1n) is 8.36. The Kier molecular flexibility index (Phi) is 7.49. The zero-order valence-corrected chi connectivity index (χ0v) is 14.9. The minimum atomic E-state index is 0.463. The van der Waals surface area contributed by atoms with Crippen molar-refractivity contribution in [2.45, 2.75) is 19.9 Å². The van der Waals surface area contributed by atoms with Crippen LogP contribution in [0.2, 0.25) is 0 Å². The van der Waals surface area contributed by atoms with Crippen molar-refractivity contribution < 1.29 is 4.74 Å². The molecule has 134 valence electrons. The Balaban J connectivity index is 1.77. The third-order valence-corrected chi connectivity index (χ3v) is 3.60. The summed E-state index contributed by atoms with van der Waals surface area (Å²) in [5.41, 5.74) is 0. The van der Waals surface area contributed by atoms with Crippen LogP contribution < -0.4 is 15.4 Å². The third-order valence-electron chi connectivity index (χ3n) is 3.60. The van der Waals surface area contributed by atoms with Gasteiger partial charge in [-0.3, -0.25) is 0 Å². The van der Waals surface area contributed by atoms with Gasteiger partial charge in [0.1, 0.15) is 18.1 Å². The molecular formula is C18H26N6O. The summed E-state index contributed by atoms with van der Waals surface area (Å²) in [6, 6.07) is 9.81. The highest BCUT2D eigenvalue weighted by atomic mass is 16.5. The van der Waals surface area contributed by atoms with Gasteiger partial charge in [-0.15, -0.1) is 16.8 Å². The lowest BCUT2D eigenvalue weighted by molar-refractivity contribution is 0.311. The molecule has 0 aliphatic rings. The summed E-state index contributed by atoms with van der Waals surface area (Å²) in [6.07, 6.45) is 2.66. The van der Waals surface area contributed by atoms with Crippen molar-refractivity contribution in [3.63, 3.8) is 0 Å². The first-order chi connectivity index (χ1) is 12.2. The molecule has 0 aliphatic heterocycles. The van der Waals surface area contributed by atoms with Crippen molar-refractivity contribution in [3.05, 3.63) is 54.6 Å². The number of ether oxygens (including phenoxy) is 1. The zero-order chi connectivity index (χ0) is 17.9. The van der Waals surface area contributed by atoms with Gasteiger partial charge >= 0.3 is 0 Å². The predicted octanol–water partition coefficient (Wildman–Crippen LogP) is 1.81. The molecule has 0 saturated heterocycles. The molecule has 0 aliphatic carbocycles. The number of para-hydroxylation sites is 1. The molecule has 0 radical (unpaired) electrons. The first kappa shape index (κ1) is 18.5. The minimum absolute atomic E-state index is 0.463. The molecule has 0 unspecified atom stereocenters. The smallest absolute Gasteiger partial charge is 0.191 e. The standard InChI is InChI=1S/C18H26N6O/c1-4-11-19-18(21-14-17-23-22-15(2)24(17)3)20-12-8-13-25-16-9-6-5-7-10-16/h4-7,9-10H,1,8,11-14H2,2-3H3,(H2,19,20,21). The predicted molar refractivity (Wildman–Crippen MR) is 99.6 cm³/mol. The van der Waals surface area contributed by atoms with Gasteiger partial charge in [-0.1, -0.05) is 24.3 Å². The van der Waals surface area contributed by atoms with E-state index in [9.17, 15) is 0 Å². The summed E-state index contributed by atoms with van der Waals surface area (Å²) in [5.74, 6) is 3.31. The molecule has 0 atom stereocenters. The van der Waals surface area contributed by atoms with E-state index in [0.29, 0.717) is 19.7 Å². The highest BCUT2D eigenvalue weighted by molar-refractivity contribution is 5.79. The van der Waals surface area contributed by atoms with Gasteiger partial charge in [-0.05, 0) is 25.5 Å². The van der Waals surface area contributed by atoms with Crippen LogP contribution in [0.25, 0.3) is 0 Å². The van der Waals surface area contributed by atoms with Crippen molar-refractivity contribution in [2.75, 3.05) is 19.7 Å². The minimum Gasteiger partial charge on any atom is -0.494 e. The fourth-order valence-corrected chi connectivity index (χ4v) is 2.07. The average molecular weight is 342 g/mol. The van der Waals surface area contributed by atoms with E-state index in [-0.39, 0.29) is 0 Å². The first-order valence-corrected chi connectivity index (χ1v) is 8.36. The van der Waals surface area contributed by atoms with E-state index < -0.39 is 0 Å². The lowest BCUT2D eigenvalue weighted by Crippen LogP contribution is -2.38. The average Bonchev–Trinajstić information content (AvgIpc) is 2.96. The van der Waals surface area contributed by atoms with Gasteiger partial charge in [0.25, 0.3) is 0 Å². The fourth-order valence-electron chi connectivity index (χ4n) is 2.07. The van der Waals surface area contributed by atoms with E-state index in [1.54, 1.807) is 6.08 Å². The Morgan fingerprint density at radius 1 is 1.28 bits per heavy atom. The number of benzene rings is 1. The summed E-state index contributed by atoms with van der Waals surface area (Å²) >= 11 is 0. The zero-order valence-electron chi connectivity index (χ0n) is 14.9. The highest BCUT2D eigenvalue weighted by Crippen LogP contribution is 2.08. The maximum absolute atomic E-state index is 5.68. The summed E-state index contributed by atoms with van der Waals surface area (Å²) in [5, 5.41) is 14.7.